The van der Waals surface area contributed by atoms with Gasteiger partial charge in [0.15, 0.2) is 5.75 Å². The van der Waals surface area contributed by atoms with Gasteiger partial charge in [-0.2, -0.15) is 0 Å². The molecule has 6 heteroatoms. The van der Waals surface area contributed by atoms with Crippen molar-refractivity contribution in [2.45, 2.75) is 0 Å². The van der Waals surface area contributed by atoms with Crippen LogP contribution in [0.1, 0.15) is 10.4 Å². The smallest absolute Gasteiger partial charge is 0.341 e. The molecule has 5 nitrogen and oxygen atoms in total. The molecule has 0 amide bonds. The number of ether oxygens (including phenoxy) is 1. The summed E-state index contributed by atoms with van der Waals surface area (Å²) in [7, 11) is 0. The van der Waals surface area contributed by atoms with Crippen molar-refractivity contribution in [2.75, 3.05) is 0 Å². The molecule has 3 aromatic rings. The Balaban J connectivity index is 2.09. The number of nitrogens with zero attached hydrogens (tertiary/aromatic N) is 2. The molecule has 21 heavy (non-hydrogen) atoms. The Kier molecular flexibility index (Phi) is 3.19. The summed E-state index contributed by atoms with van der Waals surface area (Å²) < 4.78 is 18.6. The minimum atomic E-state index is -1.31. The van der Waals surface area contributed by atoms with Crippen LogP contribution in [0.25, 0.3) is 10.9 Å². The number of pyridine rings is 2. The lowest BCUT2D eigenvalue weighted by molar-refractivity contribution is 0.0692. The van der Waals surface area contributed by atoms with E-state index in [4.69, 9.17) is 9.84 Å². The largest absolute Gasteiger partial charge is 0.477 e. The summed E-state index contributed by atoms with van der Waals surface area (Å²) in [6, 6.07) is 9.75. The molecule has 104 valence electrons. The van der Waals surface area contributed by atoms with Gasteiger partial charge in [-0.05, 0) is 18.2 Å². The van der Waals surface area contributed by atoms with Crippen molar-refractivity contribution in [3.8, 4) is 11.6 Å². The molecule has 0 atom stereocenters. The fourth-order valence-corrected chi connectivity index (χ4v) is 1.92. The van der Waals surface area contributed by atoms with Crippen molar-refractivity contribution in [1.29, 1.82) is 0 Å². The first-order chi connectivity index (χ1) is 10.1. The summed E-state index contributed by atoms with van der Waals surface area (Å²) in [5, 5.41) is 9.92. The number of rotatable bonds is 3. The van der Waals surface area contributed by atoms with Crippen LogP contribution in [0.3, 0.4) is 0 Å². The lowest BCUT2D eigenvalue weighted by Gasteiger charge is -2.09. The first-order valence-electron chi connectivity index (χ1n) is 6.05. The standard InChI is InChI=1S/C15H9FN2O3/c16-10-7-11(15(19)20)14(18-8-10)21-12-5-1-3-9-4-2-6-17-13(9)12/h1-8H,(H,19,20). The number of hydrogen-bond donors (Lipinski definition) is 1. The van der Waals surface area contributed by atoms with E-state index in [1.54, 1.807) is 24.4 Å². The number of carboxylic acid groups (broad SMARTS) is 1. The predicted octanol–water partition coefficient (Wildman–Crippen LogP) is 3.26. The Morgan fingerprint density at radius 2 is 2.00 bits per heavy atom. The Morgan fingerprint density at radius 1 is 1.19 bits per heavy atom. The van der Waals surface area contributed by atoms with Crippen LogP contribution in [-0.4, -0.2) is 21.0 Å². The van der Waals surface area contributed by atoms with Crippen LogP contribution >= 0.6 is 0 Å². The molecular weight excluding hydrogens is 275 g/mol. The summed E-state index contributed by atoms with van der Waals surface area (Å²) in [4.78, 5) is 19.0. The molecule has 0 bridgehead atoms. The van der Waals surface area contributed by atoms with Gasteiger partial charge in [0.2, 0.25) is 5.88 Å². The van der Waals surface area contributed by atoms with Crippen LogP contribution in [-0.2, 0) is 0 Å². The highest BCUT2D eigenvalue weighted by Gasteiger charge is 2.16. The van der Waals surface area contributed by atoms with E-state index in [1.807, 2.05) is 12.1 Å². The van der Waals surface area contributed by atoms with Crippen LogP contribution in [0.5, 0.6) is 11.6 Å². The van der Waals surface area contributed by atoms with Gasteiger partial charge in [0.05, 0.1) is 6.20 Å². The average molecular weight is 284 g/mol. The van der Waals surface area contributed by atoms with E-state index in [0.717, 1.165) is 17.6 Å². The van der Waals surface area contributed by atoms with Gasteiger partial charge in [-0.15, -0.1) is 0 Å². The zero-order valence-electron chi connectivity index (χ0n) is 10.7. The average Bonchev–Trinajstić information content (AvgIpc) is 2.49. The summed E-state index contributed by atoms with van der Waals surface area (Å²) in [5.41, 5.74) is 0.227. The van der Waals surface area contributed by atoms with Crippen molar-refractivity contribution < 1.29 is 19.0 Å². The Labute approximate surface area is 118 Å². The maximum Gasteiger partial charge on any atom is 0.341 e. The zero-order chi connectivity index (χ0) is 14.8. The van der Waals surface area contributed by atoms with E-state index in [0.29, 0.717) is 11.3 Å². The predicted molar refractivity (Wildman–Crippen MR) is 73.0 cm³/mol. The molecule has 3 rings (SSSR count). The molecule has 0 fully saturated rings. The van der Waals surface area contributed by atoms with Crippen LogP contribution < -0.4 is 4.74 Å². The summed E-state index contributed by atoms with van der Waals surface area (Å²) in [6.07, 6.45) is 2.51. The maximum absolute atomic E-state index is 13.1. The Morgan fingerprint density at radius 3 is 2.81 bits per heavy atom. The van der Waals surface area contributed by atoms with E-state index >= 15 is 0 Å². The molecule has 0 aliphatic carbocycles. The highest BCUT2D eigenvalue weighted by atomic mass is 19.1. The fourth-order valence-electron chi connectivity index (χ4n) is 1.92. The molecule has 0 spiro atoms. The van der Waals surface area contributed by atoms with Crippen LogP contribution in [0, 0.1) is 5.82 Å². The lowest BCUT2D eigenvalue weighted by Crippen LogP contribution is -2.03. The normalized spacial score (nSPS) is 10.5. The van der Waals surface area contributed by atoms with E-state index in [-0.39, 0.29) is 11.4 Å². The third-order valence-electron chi connectivity index (χ3n) is 2.85. The lowest BCUT2D eigenvalue weighted by atomic mass is 10.2. The number of fused-ring (bicyclic) bond motifs is 1. The molecule has 0 saturated carbocycles. The van der Waals surface area contributed by atoms with E-state index < -0.39 is 11.8 Å². The van der Waals surface area contributed by atoms with Gasteiger partial charge in [-0.25, -0.2) is 14.2 Å². The highest BCUT2D eigenvalue weighted by molar-refractivity contribution is 5.90. The van der Waals surface area contributed by atoms with Gasteiger partial charge in [-0.1, -0.05) is 18.2 Å². The van der Waals surface area contributed by atoms with Gasteiger partial charge >= 0.3 is 5.97 Å². The Hall–Kier alpha value is -3.02. The van der Waals surface area contributed by atoms with Crippen molar-refractivity contribution in [2.24, 2.45) is 0 Å². The Bertz CT molecular complexity index is 831. The second-order valence-electron chi connectivity index (χ2n) is 4.24. The third kappa shape index (κ3) is 2.51. The molecule has 2 heterocycles. The fraction of sp³-hybridized carbons (Fsp3) is 0. The topological polar surface area (TPSA) is 72.3 Å². The number of hydrogen-bond acceptors (Lipinski definition) is 4. The monoisotopic (exact) mass is 284 g/mol. The second kappa shape index (κ2) is 5.16. The van der Waals surface area contributed by atoms with Gasteiger partial charge in [-0.3, -0.25) is 4.98 Å². The second-order valence-corrected chi connectivity index (χ2v) is 4.24. The minimum Gasteiger partial charge on any atom is -0.477 e. The molecule has 2 aromatic heterocycles. The molecule has 0 radical (unpaired) electrons. The van der Waals surface area contributed by atoms with Crippen molar-refractivity contribution in [3.63, 3.8) is 0 Å². The molecule has 0 unspecified atom stereocenters. The number of para-hydroxylation sites is 1. The van der Waals surface area contributed by atoms with E-state index in [9.17, 15) is 9.18 Å². The van der Waals surface area contributed by atoms with Crippen molar-refractivity contribution in [3.05, 3.63) is 60.2 Å². The summed E-state index contributed by atoms with van der Waals surface area (Å²) >= 11 is 0. The summed E-state index contributed by atoms with van der Waals surface area (Å²) in [6.45, 7) is 0. The maximum atomic E-state index is 13.1. The zero-order valence-corrected chi connectivity index (χ0v) is 10.7. The number of halogens is 1. The van der Waals surface area contributed by atoms with Crippen molar-refractivity contribution >= 4 is 16.9 Å². The van der Waals surface area contributed by atoms with Crippen molar-refractivity contribution in [1.82, 2.24) is 9.97 Å². The van der Waals surface area contributed by atoms with E-state index in [1.165, 1.54) is 0 Å². The molecule has 0 saturated heterocycles. The minimum absolute atomic E-state index is 0.179. The molecule has 1 N–H and O–H groups in total. The summed E-state index contributed by atoms with van der Waals surface area (Å²) in [5.74, 6) is -1.88. The molecular formula is C15H9FN2O3. The molecule has 0 aliphatic heterocycles. The van der Waals surface area contributed by atoms with Gasteiger partial charge < -0.3 is 9.84 Å². The third-order valence-corrected chi connectivity index (χ3v) is 2.85. The van der Waals surface area contributed by atoms with Crippen LogP contribution in [0.2, 0.25) is 0 Å². The number of benzene rings is 1. The number of carboxylic acids is 1. The highest BCUT2D eigenvalue weighted by Crippen LogP contribution is 2.29. The van der Waals surface area contributed by atoms with Gasteiger partial charge in [0.25, 0.3) is 0 Å². The molecule has 0 aliphatic rings. The van der Waals surface area contributed by atoms with Crippen LogP contribution in [0.4, 0.5) is 4.39 Å². The van der Waals surface area contributed by atoms with Gasteiger partial charge in [0.1, 0.15) is 16.9 Å². The number of aromatic nitrogens is 2. The van der Waals surface area contributed by atoms with Gasteiger partial charge in [0, 0.05) is 11.6 Å². The first kappa shape index (κ1) is 13.0. The van der Waals surface area contributed by atoms with Crippen LogP contribution in [0.15, 0.2) is 48.8 Å². The SMILES string of the molecule is O=C(O)c1cc(F)cnc1Oc1cccc2cccnc12. The number of carbonyl (C=O) groups is 1. The first-order valence-corrected chi connectivity index (χ1v) is 6.05. The number of aromatic carboxylic acids is 1. The van der Waals surface area contributed by atoms with E-state index in [2.05, 4.69) is 9.97 Å². The molecule has 1 aromatic carbocycles. The quantitative estimate of drug-likeness (QED) is 0.799.